The van der Waals surface area contributed by atoms with Crippen molar-refractivity contribution in [3.63, 3.8) is 0 Å². The van der Waals surface area contributed by atoms with Gasteiger partial charge in [0, 0.05) is 28.6 Å². The molecule has 2 atom stereocenters. The molecule has 1 saturated carbocycles. The monoisotopic (exact) mass is 356 g/mol. The van der Waals surface area contributed by atoms with Crippen molar-refractivity contribution < 1.29 is 10.0 Å². The molecule has 6 heteroatoms. The van der Waals surface area contributed by atoms with Crippen LogP contribution in [-0.2, 0) is 6.42 Å². The van der Waals surface area contributed by atoms with Crippen molar-refractivity contribution in [3.8, 4) is 0 Å². The van der Waals surface area contributed by atoms with Crippen molar-refractivity contribution in [2.75, 3.05) is 6.54 Å². The van der Waals surface area contributed by atoms with Gasteiger partial charge in [0.2, 0.25) is 0 Å². The van der Waals surface area contributed by atoms with Gasteiger partial charge in [-0.3, -0.25) is 10.1 Å². The van der Waals surface area contributed by atoms with Gasteiger partial charge in [-0.15, -0.1) is 0 Å². The highest BCUT2D eigenvalue weighted by Gasteiger charge is 2.51. The summed E-state index contributed by atoms with van der Waals surface area (Å²) in [5, 5.41) is 21.4. The lowest BCUT2D eigenvalue weighted by atomic mass is 9.74. The van der Waals surface area contributed by atoms with E-state index in [1.54, 1.807) is 6.07 Å². The van der Waals surface area contributed by atoms with Crippen LogP contribution < -0.4 is 5.73 Å². The summed E-state index contributed by atoms with van der Waals surface area (Å²) in [6, 6.07) is 4.75. The molecule has 2 unspecified atom stereocenters. The molecule has 1 aromatic rings. The lowest BCUT2D eigenvalue weighted by Crippen LogP contribution is -2.44. The number of aliphatic hydroxyl groups is 1. The zero-order valence-electron chi connectivity index (χ0n) is 12.3. The average molecular weight is 357 g/mol. The summed E-state index contributed by atoms with van der Waals surface area (Å²) in [6.07, 6.45) is 1.93. The molecule has 0 bridgehead atoms. The second-order valence-electron chi connectivity index (χ2n) is 6.67. The number of non-ortho nitro benzene ring substituents is 1. The highest BCUT2D eigenvalue weighted by atomic mass is 79.9. The van der Waals surface area contributed by atoms with Crippen LogP contribution in [-0.4, -0.2) is 22.7 Å². The van der Waals surface area contributed by atoms with Gasteiger partial charge in [0.25, 0.3) is 5.69 Å². The fourth-order valence-electron chi connectivity index (χ4n) is 3.32. The van der Waals surface area contributed by atoms with E-state index >= 15 is 0 Å². The number of aliphatic hydroxyl groups excluding tert-OH is 1. The summed E-state index contributed by atoms with van der Waals surface area (Å²) in [5.74, 6) is 0. The van der Waals surface area contributed by atoms with E-state index < -0.39 is 11.0 Å². The third-order valence-corrected chi connectivity index (χ3v) is 5.52. The summed E-state index contributed by atoms with van der Waals surface area (Å²) in [4.78, 5) is 10.4. The molecule has 116 valence electrons. The number of rotatable bonds is 4. The lowest BCUT2D eigenvalue weighted by Gasteiger charge is -2.36. The van der Waals surface area contributed by atoms with Crippen LogP contribution in [0.2, 0.25) is 0 Å². The molecule has 0 aromatic heterocycles. The fourth-order valence-corrected chi connectivity index (χ4v) is 3.82. The number of nitro benzene ring substituents is 1. The molecule has 0 radical (unpaired) electrons. The minimum Gasteiger partial charge on any atom is -0.392 e. The maximum Gasteiger partial charge on any atom is 0.270 e. The molecule has 1 fully saturated rings. The normalized spacial score (nSPS) is 27.8. The smallest absolute Gasteiger partial charge is 0.270 e. The van der Waals surface area contributed by atoms with Crippen LogP contribution in [0.25, 0.3) is 0 Å². The molecule has 1 aliphatic carbocycles. The lowest BCUT2D eigenvalue weighted by molar-refractivity contribution is -0.384. The van der Waals surface area contributed by atoms with Crippen molar-refractivity contribution >= 4 is 21.6 Å². The Balaban J connectivity index is 2.30. The van der Waals surface area contributed by atoms with Gasteiger partial charge in [0.05, 0.1) is 11.0 Å². The van der Waals surface area contributed by atoms with Crippen LogP contribution in [0, 0.1) is 20.9 Å². The molecule has 21 heavy (non-hydrogen) atoms. The van der Waals surface area contributed by atoms with E-state index in [9.17, 15) is 15.2 Å². The van der Waals surface area contributed by atoms with E-state index in [-0.39, 0.29) is 16.5 Å². The Labute approximate surface area is 132 Å². The number of nitrogens with zero attached hydrogens (tertiary/aromatic N) is 1. The second-order valence-corrected chi connectivity index (χ2v) is 7.52. The Morgan fingerprint density at radius 1 is 1.48 bits per heavy atom. The number of hydrogen-bond acceptors (Lipinski definition) is 4. The first-order valence-corrected chi connectivity index (χ1v) is 7.82. The summed E-state index contributed by atoms with van der Waals surface area (Å²) >= 11 is 3.40. The average Bonchev–Trinajstić information content (AvgIpc) is 2.65. The second kappa shape index (κ2) is 5.66. The first-order chi connectivity index (χ1) is 9.72. The quantitative estimate of drug-likeness (QED) is 0.640. The van der Waals surface area contributed by atoms with Gasteiger partial charge < -0.3 is 10.8 Å². The van der Waals surface area contributed by atoms with Crippen molar-refractivity contribution in [1.29, 1.82) is 0 Å². The summed E-state index contributed by atoms with van der Waals surface area (Å²) in [6.45, 7) is 4.51. The molecule has 5 nitrogen and oxygen atoms in total. The van der Waals surface area contributed by atoms with Gasteiger partial charge in [-0.1, -0.05) is 35.8 Å². The largest absolute Gasteiger partial charge is 0.392 e. The van der Waals surface area contributed by atoms with E-state index in [2.05, 4.69) is 29.8 Å². The summed E-state index contributed by atoms with van der Waals surface area (Å²) < 4.78 is 0.696. The Morgan fingerprint density at radius 3 is 2.57 bits per heavy atom. The van der Waals surface area contributed by atoms with Crippen LogP contribution in [0.15, 0.2) is 22.7 Å². The van der Waals surface area contributed by atoms with Gasteiger partial charge >= 0.3 is 0 Å². The topological polar surface area (TPSA) is 89.4 Å². The Hall–Kier alpha value is -0.980. The van der Waals surface area contributed by atoms with Crippen LogP contribution in [0.5, 0.6) is 0 Å². The molecule has 1 aromatic carbocycles. The van der Waals surface area contributed by atoms with Crippen molar-refractivity contribution in [2.45, 2.75) is 39.2 Å². The number of nitrogens with two attached hydrogens (primary N) is 1. The minimum absolute atomic E-state index is 0.0553. The highest BCUT2D eigenvalue weighted by Crippen LogP contribution is 2.50. The highest BCUT2D eigenvalue weighted by molar-refractivity contribution is 9.10. The van der Waals surface area contributed by atoms with Crippen LogP contribution in [0.4, 0.5) is 5.69 Å². The third-order valence-electron chi connectivity index (χ3n) is 4.78. The van der Waals surface area contributed by atoms with Gasteiger partial charge in [0.1, 0.15) is 0 Å². The summed E-state index contributed by atoms with van der Waals surface area (Å²) in [7, 11) is 0. The Bertz CT molecular complexity index is 562. The molecule has 2 rings (SSSR count). The number of hydrogen-bond donors (Lipinski definition) is 2. The van der Waals surface area contributed by atoms with Gasteiger partial charge in [-0.05, 0) is 30.2 Å². The van der Waals surface area contributed by atoms with E-state index in [0.29, 0.717) is 17.4 Å². The van der Waals surface area contributed by atoms with Crippen LogP contribution in [0.1, 0.15) is 32.3 Å². The first kappa shape index (κ1) is 16.4. The van der Waals surface area contributed by atoms with Gasteiger partial charge in [-0.25, -0.2) is 0 Å². The Kier molecular flexibility index (Phi) is 4.42. The first-order valence-electron chi connectivity index (χ1n) is 7.03. The van der Waals surface area contributed by atoms with Crippen LogP contribution in [0.3, 0.4) is 0 Å². The maximum absolute atomic E-state index is 10.8. The van der Waals surface area contributed by atoms with E-state index in [0.717, 1.165) is 18.4 Å². The molecule has 0 spiro atoms. The van der Waals surface area contributed by atoms with Gasteiger partial charge in [0.15, 0.2) is 0 Å². The summed E-state index contributed by atoms with van der Waals surface area (Å²) in [5.41, 5.74) is 6.47. The number of benzene rings is 1. The predicted octanol–water partition coefficient (Wildman–Crippen LogP) is 3.03. The zero-order chi connectivity index (χ0) is 15.8. The standard InChI is InChI=1S/C15H21BrN2O3/c1-14(2)5-6-15(9-17,13(14)19)8-10-3-4-11(18(20)21)7-12(10)16/h3-4,7,13,19H,5-6,8-9,17H2,1-2H3. The molecule has 0 amide bonds. The Morgan fingerprint density at radius 2 is 2.14 bits per heavy atom. The minimum atomic E-state index is -0.475. The van der Waals surface area contributed by atoms with Crippen molar-refractivity contribution in [2.24, 2.45) is 16.6 Å². The molecule has 0 saturated heterocycles. The van der Waals surface area contributed by atoms with Crippen molar-refractivity contribution in [3.05, 3.63) is 38.3 Å². The van der Waals surface area contributed by atoms with Crippen LogP contribution >= 0.6 is 15.9 Å². The molecular formula is C15H21BrN2O3. The SMILES string of the molecule is CC1(C)CCC(CN)(Cc2ccc([N+](=O)[O-])cc2Br)C1O. The third kappa shape index (κ3) is 2.98. The molecule has 1 aliphatic rings. The predicted molar refractivity (Wildman–Crippen MR) is 85.0 cm³/mol. The van der Waals surface area contributed by atoms with E-state index in [1.807, 2.05) is 0 Å². The molecule has 3 N–H and O–H groups in total. The fraction of sp³-hybridized carbons (Fsp3) is 0.600. The maximum atomic E-state index is 10.8. The van der Waals surface area contributed by atoms with E-state index in [4.69, 9.17) is 5.73 Å². The molecule has 0 aliphatic heterocycles. The molecule has 0 heterocycles. The molecular weight excluding hydrogens is 336 g/mol. The number of nitro groups is 1. The zero-order valence-corrected chi connectivity index (χ0v) is 13.9. The van der Waals surface area contributed by atoms with Crippen molar-refractivity contribution in [1.82, 2.24) is 0 Å². The number of halogens is 1. The van der Waals surface area contributed by atoms with E-state index in [1.165, 1.54) is 12.1 Å². The van der Waals surface area contributed by atoms with Gasteiger partial charge in [-0.2, -0.15) is 0 Å².